The summed E-state index contributed by atoms with van der Waals surface area (Å²) in [5.74, 6) is -0.529. The van der Waals surface area contributed by atoms with Crippen molar-refractivity contribution in [1.29, 1.82) is 0 Å². The highest BCUT2D eigenvalue weighted by Crippen LogP contribution is 2.25. The number of benzene rings is 1. The van der Waals surface area contributed by atoms with Gasteiger partial charge in [-0.05, 0) is 42.8 Å². The number of halogens is 3. The topological polar surface area (TPSA) is 29.1 Å². The Labute approximate surface area is 117 Å². The summed E-state index contributed by atoms with van der Waals surface area (Å²) in [5, 5.41) is 0. The van der Waals surface area contributed by atoms with Crippen LogP contribution in [0.25, 0.3) is 0 Å². The van der Waals surface area contributed by atoms with Crippen molar-refractivity contribution >= 4 is 26.9 Å². The molecule has 0 heterocycles. The summed E-state index contributed by atoms with van der Waals surface area (Å²) in [7, 11) is -1.45. The fourth-order valence-corrected chi connectivity index (χ4v) is 2.46. The average Bonchev–Trinajstić information content (AvgIpc) is 2.28. The van der Waals surface area contributed by atoms with Crippen LogP contribution in [0.1, 0.15) is 32.4 Å². The van der Waals surface area contributed by atoms with Gasteiger partial charge in [-0.3, -0.25) is 0 Å². The highest BCUT2D eigenvalue weighted by atomic mass is 79.9. The molecule has 1 aromatic carbocycles. The Bertz CT molecular complexity index is 448. The summed E-state index contributed by atoms with van der Waals surface area (Å²) >= 11 is 3.05. The molecule has 0 aliphatic carbocycles. The fourth-order valence-electron chi connectivity index (χ4n) is 1.27. The molecule has 0 aliphatic heterocycles. The van der Waals surface area contributed by atoms with E-state index in [1.165, 1.54) is 12.1 Å². The quantitative estimate of drug-likeness (QED) is 0.891. The van der Waals surface area contributed by atoms with Crippen LogP contribution < -0.4 is 4.72 Å². The highest BCUT2D eigenvalue weighted by Gasteiger charge is 2.25. The zero-order valence-electron chi connectivity index (χ0n) is 10.5. The second-order valence-corrected chi connectivity index (χ2v) is 7.70. The number of nitrogens with one attached hydrogen (secondary N) is 1. The lowest BCUT2D eigenvalue weighted by Crippen LogP contribution is -2.36. The zero-order valence-corrected chi connectivity index (χ0v) is 12.9. The predicted octanol–water partition coefficient (Wildman–Crippen LogP) is 3.65. The van der Waals surface area contributed by atoms with Crippen molar-refractivity contribution in [2.75, 3.05) is 6.67 Å². The van der Waals surface area contributed by atoms with Gasteiger partial charge in [0.15, 0.2) is 0 Å². The SMILES string of the molecule is CC(C)(C)[S@](=O)NC(CF)c1cccc(Br)c1F. The Morgan fingerprint density at radius 3 is 2.56 bits per heavy atom. The normalized spacial score (nSPS) is 15.4. The van der Waals surface area contributed by atoms with E-state index in [1.54, 1.807) is 26.8 Å². The van der Waals surface area contributed by atoms with Crippen LogP contribution in [0.4, 0.5) is 8.78 Å². The first-order valence-electron chi connectivity index (χ1n) is 5.45. The molecule has 1 unspecified atom stereocenters. The molecule has 1 rings (SSSR count). The molecule has 0 saturated carbocycles. The van der Waals surface area contributed by atoms with Gasteiger partial charge in [0.1, 0.15) is 12.5 Å². The highest BCUT2D eigenvalue weighted by molar-refractivity contribution is 9.10. The molecule has 102 valence electrons. The molecule has 1 aromatic rings. The van der Waals surface area contributed by atoms with Crippen LogP contribution in [-0.2, 0) is 11.0 Å². The second kappa shape index (κ2) is 6.21. The third kappa shape index (κ3) is 3.83. The van der Waals surface area contributed by atoms with Gasteiger partial charge < -0.3 is 0 Å². The standard InChI is InChI=1S/C12H16BrF2NOS/c1-12(2,3)18(17)16-10(7-14)8-5-4-6-9(13)11(8)15/h4-6,10,16H,7H2,1-3H3/t10?,18-/m0/s1. The van der Waals surface area contributed by atoms with E-state index < -0.39 is 34.3 Å². The summed E-state index contributed by atoms with van der Waals surface area (Å²) in [6, 6.07) is 3.72. The molecular weight excluding hydrogens is 324 g/mol. The van der Waals surface area contributed by atoms with Gasteiger partial charge in [0.25, 0.3) is 0 Å². The van der Waals surface area contributed by atoms with E-state index in [9.17, 15) is 13.0 Å². The first-order chi connectivity index (χ1) is 8.27. The summed E-state index contributed by atoms with van der Waals surface area (Å²) in [6.07, 6.45) is 0. The molecule has 0 bridgehead atoms. The van der Waals surface area contributed by atoms with E-state index in [-0.39, 0.29) is 10.0 Å². The van der Waals surface area contributed by atoms with E-state index in [1.807, 2.05) is 0 Å². The lowest BCUT2D eigenvalue weighted by Gasteiger charge is -2.23. The van der Waals surface area contributed by atoms with Crippen LogP contribution in [0.3, 0.4) is 0 Å². The Morgan fingerprint density at radius 1 is 1.44 bits per heavy atom. The Balaban J connectivity index is 2.97. The predicted molar refractivity (Wildman–Crippen MR) is 73.8 cm³/mol. The van der Waals surface area contributed by atoms with Crippen molar-refractivity contribution < 1.29 is 13.0 Å². The molecule has 0 saturated heterocycles. The van der Waals surface area contributed by atoms with Crippen LogP contribution in [0.5, 0.6) is 0 Å². The van der Waals surface area contributed by atoms with Crippen molar-refractivity contribution in [2.24, 2.45) is 0 Å². The Hall–Kier alpha value is -0.330. The number of rotatable bonds is 4. The molecule has 18 heavy (non-hydrogen) atoms. The van der Waals surface area contributed by atoms with Gasteiger partial charge in [-0.15, -0.1) is 0 Å². The van der Waals surface area contributed by atoms with E-state index in [2.05, 4.69) is 20.7 Å². The average molecular weight is 340 g/mol. The van der Waals surface area contributed by atoms with E-state index in [0.717, 1.165) is 0 Å². The molecule has 6 heteroatoms. The number of hydrogen-bond donors (Lipinski definition) is 1. The minimum absolute atomic E-state index is 0.171. The van der Waals surface area contributed by atoms with Crippen molar-refractivity contribution in [3.05, 3.63) is 34.1 Å². The van der Waals surface area contributed by atoms with E-state index in [4.69, 9.17) is 0 Å². The monoisotopic (exact) mass is 339 g/mol. The van der Waals surface area contributed by atoms with E-state index in [0.29, 0.717) is 0 Å². The number of alkyl halides is 1. The molecular formula is C12H16BrF2NOS. The molecule has 1 N–H and O–H groups in total. The Kier molecular flexibility index (Phi) is 5.43. The molecule has 0 aliphatic rings. The van der Waals surface area contributed by atoms with Crippen molar-refractivity contribution in [1.82, 2.24) is 4.72 Å². The van der Waals surface area contributed by atoms with Gasteiger partial charge in [0, 0.05) is 5.56 Å². The summed E-state index contributed by atoms with van der Waals surface area (Å²) in [5.41, 5.74) is 0.171. The molecule has 2 nitrogen and oxygen atoms in total. The lowest BCUT2D eigenvalue weighted by atomic mass is 10.1. The molecule has 0 radical (unpaired) electrons. The van der Waals surface area contributed by atoms with Crippen molar-refractivity contribution in [3.63, 3.8) is 0 Å². The third-order valence-corrected chi connectivity index (χ3v) is 4.54. The van der Waals surface area contributed by atoms with Gasteiger partial charge in [-0.1, -0.05) is 12.1 Å². The van der Waals surface area contributed by atoms with Crippen LogP contribution in [0.2, 0.25) is 0 Å². The molecule has 0 aromatic heterocycles. The lowest BCUT2D eigenvalue weighted by molar-refractivity contribution is 0.407. The van der Waals surface area contributed by atoms with Gasteiger partial charge in [0.05, 0.1) is 26.2 Å². The maximum atomic E-state index is 13.8. The molecule has 0 fully saturated rings. The van der Waals surface area contributed by atoms with E-state index >= 15 is 0 Å². The summed E-state index contributed by atoms with van der Waals surface area (Å²) in [4.78, 5) is 0. The second-order valence-electron chi connectivity index (χ2n) is 4.85. The number of hydrogen-bond acceptors (Lipinski definition) is 1. The zero-order chi connectivity index (χ0) is 13.9. The van der Waals surface area contributed by atoms with Gasteiger partial charge in [-0.25, -0.2) is 17.7 Å². The Morgan fingerprint density at radius 2 is 2.06 bits per heavy atom. The van der Waals surface area contributed by atoms with Crippen molar-refractivity contribution in [3.8, 4) is 0 Å². The minimum atomic E-state index is -1.45. The maximum Gasteiger partial charge on any atom is 0.142 e. The summed E-state index contributed by atoms with van der Waals surface area (Å²) in [6.45, 7) is 4.48. The van der Waals surface area contributed by atoms with Crippen molar-refractivity contribution in [2.45, 2.75) is 31.6 Å². The smallest absolute Gasteiger partial charge is 0.142 e. The summed E-state index contributed by atoms with van der Waals surface area (Å²) < 4.78 is 41.1. The van der Waals surface area contributed by atoms with Crippen LogP contribution in [0.15, 0.2) is 22.7 Å². The minimum Gasteiger partial charge on any atom is -0.249 e. The van der Waals surface area contributed by atoms with Gasteiger partial charge in [-0.2, -0.15) is 0 Å². The first-order valence-corrected chi connectivity index (χ1v) is 7.39. The fraction of sp³-hybridized carbons (Fsp3) is 0.500. The molecule has 2 atom stereocenters. The van der Waals surface area contributed by atoms with Gasteiger partial charge in [0.2, 0.25) is 0 Å². The van der Waals surface area contributed by atoms with Crippen LogP contribution in [-0.4, -0.2) is 15.6 Å². The van der Waals surface area contributed by atoms with Gasteiger partial charge >= 0.3 is 0 Å². The first kappa shape index (κ1) is 15.7. The van der Waals surface area contributed by atoms with Crippen LogP contribution in [0, 0.1) is 5.82 Å². The molecule has 0 amide bonds. The largest absolute Gasteiger partial charge is 0.249 e. The third-order valence-electron chi connectivity index (χ3n) is 2.32. The van der Waals surface area contributed by atoms with Crippen LogP contribution >= 0.6 is 15.9 Å². The molecule has 0 spiro atoms. The maximum absolute atomic E-state index is 13.8.